The van der Waals surface area contributed by atoms with Crippen molar-refractivity contribution in [3.05, 3.63) is 35.4 Å². The average molecular weight is 244 g/mol. The maximum atomic E-state index is 3.82. The van der Waals surface area contributed by atoms with E-state index in [0.29, 0.717) is 12.1 Å². The number of benzene rings is 1. The molecule has 2 atom stereocenters. The molecule has 1 N–H and O–H groups in total. The summed E-state index contributed by atoms with van der Waals surface area (Å²) in [5.74, 6) is 0.897. The summed E-state index contributed by atoms with van der Waals surface area (Å²) in [6.07, 6.45) is 2.77. The summed E-state index contributed by atoms with van der Waals surface area (Å²) in [5.41, 5.74) is 2.85. The predicted octanol–water partition coefficient (Wildman–Crippen LogP) is 2.57. The largest absolute Gasteiger partial charge is 0.308 e. The Morgan fingerprint density at radius 1 is 1.22 bits per heavy atom. The Bertz CT molecular complexity index is 405. The summed E-state index contributed by atoms with van der Waals surface area (Å²) >= 11 is 0. The first kappa shape index (κ1) is 12.2. The van der Waals surface area contributed by atoms with Crippen LogP contribution in [0.5, 0.6) is 0 Å². The summed E-state index contributed by atoms with van der Waals surface area (Å²) in [4.78, 5) is 2.65. The van der Waals surface area contributed by atoms with Crippen LogP contribution in [0.3, 0.4) is 0 Å². The molecule has 0 amide bonds. The zero-order valence-electron chi connectivity index (χ0n) is 11.5. The zero-order chi connectivity index (χ0) is 12.5. The van der Waals surface area contributed by atoms with E-state index in [9.17, 15) is 0 Å². The number of rotatable bonds is 3. The van der Waals surface area contributed by atoms with Crippen molar-refractivity contribution in [1.82, 2.24) is 10.2 Å². The van der Waals surface area contributed by atoms with Crippen molar-refractivity contribution < 1.29 is 0 Å². The molecule has 98 valence electrons. The molecule has 2 unspecified atom stereocenters. The van der Waals surface area contributed by atoms with Gasteiger partial charge in [-0.2, -0.15) is 0 Å². The van der Waals surface area contributed by atoms with Gasteiger partial charge in [-0.1, -0.05) is 24.3 Å². The summed E-state index contributed by atoms with van der Waals surface area (Å²) in [7, 11) is 0. The Balaban J connectivity index is 1.65. The van der Waals surface area contributed by atoms with Crippen LogP contribution in [0.2, 0.25) is 0 Å². The summed E-state index contributed by atoms with van der Waals surface area (Å²) in [6, 6.07) is 10.1. The molecule has 0 radical (unpaired) electrons. The van der Waals surface area contributed by atoms with Crippen molar-refractivity contribution in [2.24, 2.45) is 5.92 Å². The number of nitrogens with zero attached hydrogens (tertiary/aromatic N) is 1. The molecule has 1 aromatic rings. The maximum absolute atomic E-state index is 3.82. The fourth-order valence-corrected chi connectivity index (χ4v) is 3.68. The van der Waals surface area contributed by atoms with Gasteiger partial charge in [0.15, 0.2) is 0 Å². The number of nitrogens with one attached hydrogen (secondary N) is 1. The zero-order valence-corrected chi connectivity index (χ0v) is 11.5. The van der Waals surface area contributed by atoms with Gasteiger partial charge in [-0.05, 0) is 56.8 Å². The van der Waals surface area contributed by atoms with Gasteiger partial charge in [0.05, 0.1) is 0 Å². The Morgan fingerprint density at radius 2 is 1.94 bits per heavy atom. The van der Waals surface area contributed by atoms with E-state index in [1.807, 2.05) is 0 Å². The van der Waals surface area contributed by atoms with Crippen LogP contribution in [0.25, 0.3) is 0 Å². The van der Waals surface area contributed by atoms with Crippen LogP contribution in [0.15, 0.2) is 24.3 Å². The van der Waals surface area contributed by atoms with Crippen LogP contribution < -0.4 is 5.32 Å². The molecule has 3 saturated heterocycles. The number of fused-ring (bicyclic) bond motifs is 3. The monoisotopic (exact) mass is 244 g/mol. The van der Waals surface area contributed by atoms with Crippen molar-refractivity contribution in [3.8, 4) is 0 Å². The number of hydrogen-bond acceptors (Lipinski definition) is 2. The molecular formula is C16H24N2. The van der Waals surface area contributed by atoms with Gasteiger partial charge < -0.3 is 5.32 Å². The molecule has 3 heterocycles. The van der Waals surface area contributed by atoms with Crippen LogP contribution >= 0.6 is 0 Å². The molecule has 3 fully saturated rings. The van der Waals surface area contributed by atoms with Gasteiger partial charge in [-0.15, -0.1) is 0 Å². The van der Waals surface area contributed by atoms with Crippen molar-refractivity contribution in [3.63, 3.8) is 0 Å². The van der Waals surface area contributed by atoms with Gasteiger partial charge in [0, 0.05) is 18.6 Å². The Kier molecular flexibility index (Phi) is 3.40. The normalized spacial score (nSPS) is 34.8. The van der Waals surface area contributed by atoms with Gasteiger partial charge in [0.25, 0.3) is 0 Å². The first-order valence-corrected chi connectivity index (χ1v) is 7.27. The number of piperidine rings is 3. The topological polar surface area (TPSA) is 15.3 Å². The van der Waals surface area contributed by atoms with E-state index < -0.39 is 0 Å². The summed E-state index contributed by atoms with van der Waals surface area (Å²) < 4.78 is 0. The third-order valence-electron chi connectivity index (χ3n) is 4.97. The lowest BCUT2D eigenvalue weighted by molar-refractivity contribution is 0.0215. The highest BCUT2D eigenvalue weighted by atomic mass is 15.2. The minimum atomic E-state index is 0.687. The van der Waals surface area contributed by atoms with Crippen molar-refractivity contribution >= 4 is 0 Å². The standard InChI is InChI=1S/C16H24N2/c1-12-5-3-4-6-15(12)11-17-16-13(2)18-9-7-14(16)8-10-18/h3-6,13-14,16-17H,7-11H2,1-2H3. The highest BCUT2D eigenvalue weighted by Gasteiger charge is 2.39. The highest BCUT2D eigenvalue weighted by Crippen LogP contribution is 2.32. The maximum Gasteiger partial charge on any atom is 0.0253 e. The van der Waals surface area contributed by atoms with Crippen molar-refractivity contribution in [1.29, 1.82) is 0 Å². The molecule has 1 aromatic carbocycles. The Labute approximate surface area is 110 Å². The molecule has 3 aliphatic rings. The van der Waals surface area contributed by atoms with Crippen LogP contribution in [0, 0.1) is 12.8 Å². The minimum Gasteiger partial charge on any atom is -0.308 e. The van der Waals surface area contributed by atoms with Crippen LogP contribution in [0.1, 0.15) is 30.9 Å². The summed E-state index contributed by atoms with van der Waals surface area (Å²) in [6.45, 7) is 8.24. The SMILES string of the molecule is Cc1ccccc1CNC1C2CCN(CC2)C1C. The molecule has 0 aliphatic carbocycles. The fraction of sp³-hybridized carbons (Fsp3) is 0.625. The molecule has 2 heteroatoms. The smallest absolute Gasteiger partial charge is 0.0253 e. The van der Waals surface area contributed by atoms with E-state index in [2.05, 4.69) is 48.3 Å². The molecule has 0 aromatic heterocycles. The number of aryl methyl sites for hydroxylation is 1. The lowest BCUT2D eigenvalue weighted by Gasteiger charge is -2.50. The molecule has 4 rings (SSSR count). The van der Waals surface area contributed by atoms with Gasteiger partial charge in [-0.25, -0.2) is 0 Å². The van der Waals surface area contributed by atoms with E-state index in [1.54, 1.807) is 0 Å². The lowest BCUT2D eigenvalue weighted by atomic mass is 9.79. The van der Waals surface area contributed by atoms with E-state index in [1.165, 1.54) is 37.1 Å². The molecule has 2 bridgehead atoms. The minimum absolute atomic E-state index is 0.687. The molecule has 3 aliphatic heterocycles. The molecule has 2 nitrogen and oxygen atoms in total. The lowest BCUT2D eigenvalue weighted by Crippen LogP contribution is -2.61. The second-order valence-electron chi connectivity index (χ2n) is 5.95. The van der Waals surface area contributed by atoms with Gasteiger partial charge in [0.2, 0.25) is 0 Å². The van der Waals surface area contributed by atoms with Gasteiger partial charge in [-0.3, -0.25) is 4.90 Å². The van der Waals surface area contributed by atoms with Crippen LogP contribution in [-0.2, 0) is 6.54 Å². The average Bonchev–Trinajstić information content (AvgIpc) is 2.41. The summed E-state index contributed by atoms with van der Waals surface area (Å²) in [5, 5.41) is 3.82. The van der Waals surface area contributed by atoms with E-state index >= 15 is 0 Å². The van der Waals surface area contributed by atoms with Crippen LogP contribution in [-0.4, -0.2) is 30.1 Å². The highest BCUT2D eigenvalue weighted by molar-refractivity contribution is 5.25. The molecule has 18 heavy (non-hydrogen) atoms. The van der Waals surface area contributed by atoms with E-state index in [0.717, 1.165) is 12.5 Å². The van der Waals surface area contributed by atoms with Gasteiger partial charge >= 0.3 is 0 Å². The molecule has 0 spiro atoms. The fourth-order valence-electron chi connectivity index (χ4n) is 3.68. The quantitative estimate of drug-likeness (QED) is 0.879. The molecular weight excluding hydrogens is 220 g/mol. The third kappa shape index (κ3) is 2.19. The number of hydrogen-bond donors (Lipinski definition) is 1. The van der Waals surface area contributed by atoms with E-state index in [4.69, 9.17) is 0 Å². The van der Waals surface area contributed by atoms with Crippen LogP contribution in [0.4, 0.5) is 0 Å². The third-order valence-corrected chi connectivity index (χ3v) is 4.97. The Hall–Kier alpha value is -0.860. The molecule has 0 saturated carbocycles. The Morgan fingerprint density at radius 3 is 2.61 bits per heavy atom. The first-order valence-electron chi connectivity index (χ1n) is 7.27. The second-order valence-corrected chi connectivity index (χ2v) is 5.95. The second kappa shape index (κ2) is 5.02. The van der Waals surface area contributed by atoms with Crippen molar-refractivity contribution in [2.75, 3.05) is 13.1 Å². The first-order chi connectivity index (χ1) is 8.75. The van der Waals surface area contributed by atoms with E-state index in [-0.39, 0.29) is 0 Å². The van der Waals surface area contributed by atoms with Crippen molar-refractivity contribution in [2.45, 2.75) is 45.3 Å². The van der Waals surface area contributed by atoms with Gasteiger partial charge in [0.1, 0.15) is 0 Å². The predicted molar refractivity (Wildman–Crippen MR) is 75.6 cm³/mol.